The summed E-state index contributed by atoms with van der Waals surface area (Å²) in [6.45, 7) is 5.03. The number of hydrogen-bond acceptors (Lipinski definition) is 4. The van der Waals surface area contributed by atoms with E-state index in [0.29, 0.717) is 4.90 Å². The molecule has 8 heteroatoms. The van der Waals surface area contributed by atoms with E-state index in [2.05, 4.69) is 38.7 Å². The van der Waals surface area contributed by atoms with Crippen LogP contribution in [0.5, 0.6) is 0 Å². The molecule has 1 fully saturated rings. The van der Waals surface area contributed by atoms with Gasteiger partial charge in [0.1, 0.15) is 9.92 Å². The van der Waals surface area contributed by atoms with Gasteiger partial charge in [-0.3, -0.25) is 4.90 Å². The molecule has 1 unspecified atom stereocenters. The lowest BCUT2D eigenvalue weighted by atomic mass is 9.98. The molecule has 1 heterocycles. The van der Waals surface area contributed by atoms with Gasteiger partial charge in [-0.2, -0.15) is 0 Å². The van der Waals surface area contributed by atoms with Crippen LogP contribution < -0.4 is 10.5 Å². The van der Waals surface area contributed by atoms with E-state index >= 15 is 0 Å². The summed E-state index contributed by atoms with van der Waals surface area (Å²) < 4.78 is 17.0. The van der Waals surface area contributed by atoms with Gasteiger partial charge in [-0.1, -0.05) is 30.4 Å². The van der Waals surface area contributed by atoms with E-state index in [1.807, 2.05) is 18.2 Å². The lowest BCUT2D eigenvalue weighted by molar-refractivity contribution is 0.148. The number of nitrogens with zero attached hydrogens (tertiary/aromatic N) is 3. The van der Waals surface area contributed by atoms with Crippen molar-refractivity contribution in [2.24, 2.45) is 9.50 Å². The largest absolute Gasteiger partial charge is 0.354 e. The minimum absolute atomic E-state index is 0.364. The minimum Gasteiger partial charge on any atom is -0.305 e. The van der Waals surface area contributed by atoms with Crippen LogP contribution in [-0.4, -0.2) is 53.3 Å². The van der Waals surface area contributed by atoms with E-state index in [1.165, 1.54) is 16.7 Å². The first-order valence-corrected chi connectivity index (χ1v) is 13.2. The molecule has 2 aromatic rings. The Labute approximate surface area is 196 Å². The van der Waals surface area contributed by atoms with Crippen molar-refractivity contribution in [2.45, 2.75) is 37.1 Å². The van der Waals surface area contributed by atoms with E-state index in [9.17, 15) is 9.00 Å². The van der Waals surface area contributed by atoms with Gasteiger partial charge >= 0.3 is 6.03 Å². The smallest absolute Gasteiger partial charge is 0.305 e. The standard InChI is InChI=1S/C25H31N5O2S/c1-29-12-14-30(15-13-29)17-18-8-10-21(11-9-18)33(26,32)28-25(31)27-24-22-6-2-4-19(22)16-20-5-3-7-23(20)24/h2,6,8-11,16H,3-5,7,12-15,17H2,1H3,(H3,26,27,28,31,32). The number of carbonyl (C=O) groups excluding carboxylic acids is 1. The molecule has 1 atom stereocenters. The summed E-state index contributed by atoms with van der Waals surface area (Å²) in [6.07, 6.45) is 8.05. The molecule has 0 radical (unpaired) electrons. The van der Waals surface area contributed by atoms with Crippen LogP contribution in [0.4, 0.5) is 10.5 Å². The molecule has 3 N–H and O–H groups in total. The van der Waals surface area contributed by atoms with Crippen molar-refractivity contribution in [3.63, 3.8) is 0 Å². The van der Waals surface area contributed by atoms with Gasteiger partial charge in [0, 0.05) is 38.3 Å². The van der Waals surface area contributed by atoms with E-state index < -0.39 is 15.9 Å². The topological polar surface area (TPSA) is 91.0 Å². The molecule has 0 spiro atoms. The number of aryl methyl sites for hydroxylation is 1. The van der Waals surface area contributed by atoms with Gasteiger partial charge in [0.15, 0.2) is 0 Å². The van der Waals surface area contributed by atoms with Crippen LogP contribution in [0.1, 0.15) is 34.2 Å². The molecule has 0 aromatic heterocycles. The molecule has 1 saturated heterocycles. The number of rotatable bonds is 4. The van der Waals surface area contributed by atoms with Crippen LogP contribution in [0.25, 0.3) is 6.08 Å². The van der Waals surface area contributed by atoms with Gasteiger partial charge < -0.3 is 10.2 Å². The molecular formula is C25H31N5O2S. The maximum atomic E-state index is 13.1. The Kier molecular flexibility index (Phi) is 6.09. The van der Waals surface area contributed by atoms with Crippen molar-refractivity contribution in [2.75, 3.05) is 38.5 Å². The molecule has 7 nitrogen and oxygen atoms in total. The van der Waals surface area contributed by atoms with Crippen LogP contribution in [0.2, 0.25) is 0 Å². The Balaban J connectivity index is 1.32. The highest BCUT2D eigenvalue weighted by Gasteiger charge is 2.23. The number of nitrogens with two attached hydrogens (primary N) is 1. The van der Waals surface area contributed by atoms with Gasteiger partial charge in [-0.05, 0) is 67.1 Å². The van der Waals surface area contributed by atoms with Crippen LogP contribution in [0.3, 0.4) is 0 Å². The predicted octanol–water partition coefficient (Wildman–Crippen LogP) is 3.42. The fraction of sp³-hybridized carbons (Fsp3) is 0.400. The first kappa shape index (κ1) is 22.3. The second kappa shape index (κ2) is 9.02. The Bertz CT molecular complexity index is 1220. The Morgan fingerprint density at radius 1 is 1.12 bits per heavy atom. The quantitative estimate of drug-likeness (QED) is 0.724. The number of hydrogen-bond donors (Lipinski definition) is 2. The van der Waals surface area contributed by atoms with Gasteiger partial charge in [-0.25, -0.2) is 14.1 Å². The van der Waals surface area contributed by atoms with Gasteiger partial charge in [-0.15, -0.1) is 4.36 Å². The Morgan fingerprint density at radius 3 is 2.64 bits per heavy atom. The van der Waals surface area contributed by atoms with Crippen molar-refractivity contribution in [3.8, 4) is 0 Å². The van der Waals surface area contributed by atoms with Crippen molar-refractivity contribution >= 4 is 27.7 Å². The number of likely N-dealkylation sites (N-methyl/N-ethyl adjacent to an activating group) is 1. The zero-order valence-corrected chi connectivity index (χ0v) is 19.9. The summed E-state index contributed by atoms with van der Waals surface area (Å²) in [7, 11) is -1.20. The van der Waals surface area contributed by atoms with Gasteiger partial charge in [0.25, 0.3) is 0 Å². The lowest BCUT2D eigenvalue weighted by Gasteiger charge is -2.32. The van der Waals surface area contributed by atoms with Crippen LogP contribution >= 0.6 is 0 Å². The average molecular weight is 466 g/mol. The number of nitrogens with one attached hydrogen (secondary N) is 1. The van der Waals surface area contributed by atoms with E-state index in [0.717, 1.165) is 75.2 Å². The highest BCUT2D eigenvalue weighted by atomic mass is 32.2. The molecule has 3 aliphatic rings. The van der Waals surface area contributed by atoms with Crippen molar-refractivity contribution in [1.82, 2.24) is 9.80 Å². The minimum atomic E-state index is -3.34. The molecule has 0 saturated carbocycles. The molecule has 1 aliphatic heterocycles. The number of fused-ring (bicyclic) bond motifs is 2. The third-order valence-corrected chi connectivity index (χ3v) is 8.25. The molecule has 174 valence electrons. The molecule has 2 aromatic carbocycles. The number of piperazine rings is 1. The highest BCUT2D eigenvalue weighted by molar-refractivity contribution is 7.91. The van der Waals surface area contributed by atoms with Crippen LogP contribution in [-0.2, 0) is 35.7 Å². The fourth-order valence-corrected chi connectivity index (χ4v) is 5.91. The first-order valence-electron chi connectivity index (χ1n) is 11.6. The second-order valence-electron chi connectivity index (χ2n) is 9.24. The molecule has 2 amide bonds. The molecule has 2 aliphatic carbocycles. The summed E-state index contributed by atoms with van der Waals surface area (Å²) in [6, 6.07) is 8.90. The van der Waals surface area contributed by atoms with E-state index in [1.54, 1.807) is 12.1 Å². The number of carbonyl (C=O) groups is 1. The van der Waals surface area contributed by atoms with Gasteiger partial charge in [0.05, 0.1) is 10.6 Å². The Morgan fingerprint density at radius 2 is 1.88 bits per heavy atom. The number of anilines is 1. The highest BCUT2D eigenvalue weighted by Crippen LogP contribution is 2.38. The van der Waals surface area contributed by atoms with Crippen molar-refractivity contribution in [3.05, 3.63) is 64.2 Å². The molecule has 0 bridgehead atoms. The molecule has 5 rings (SSSR count). The summed E-state index contributed by atoms with van der Waals surface area (Å²) in [5, 5.41) is 8.95. The monoisotopic (exact) mass is 465 g/mol. The van der Waals surface area contributed by atoms with Crippen molar-refractivity contribution < 1.29 is 9.00 Å². The zero-order valence-electron chi connectivity index (χ0n) is 19.0. The number of amides is 2. The summed E-state index contributed by atoms with van der Waals surface area (Å²) in [5.41, 5.74) is 6.65. The lowest BCUT2D eigenvalue weighted by Crippen LogP contribution is -2.43. The third-order valence-electron chi connectivity index (χ3n) is 6.86. The summed E-state index contributed by atoms with van der Waals surface area (Å²) in [4.78, 5) is 17.9. The normalized spacial score (nSPS) is 19.7. The second-order valence-corrected chi connectivity index (χ2v) is 11.0. The van der Waals surface area contributed by atoms with E-state index in [4.69, 9.17) is 5.14 Å². The molecule has 33 heavy (non-hydrogen) atoms. The Hall–Kier alpha value is -2.52. The molecular weight excluding hydrogens is 434 g/mol. The summed E-state index contributed by atoms with van der Waals surface area (Å²) >= 11 is 0. The maximum absolute atomic E-state index is 13.1. The third kappa shape index (κ3) is 4.75. The number of allylic oxidation sites excluding steroid dienone is 1. The average Bonchev–Trinajstić information content (AvgIpc) is 3.45. The maximum Gasteiger partial charge on any atom is 0.354 e. The van der Waals surface area contributed by atoms with Crippen LogP contribution in [0, 0.1) is 0 Å². The number of benzene rings is 2. The SMILES string of the molecule is CN1CCN(Cc2ccc(S(N)(=O)=NC(=O)Nc3c4c(cc5c3CCC5)CC=C4)cc2)CC1. The zero-order chi connectivity index (χ0) is 23.0. The summed E-state index contributed by atoms with van der Waals surface area (Å²) in [5.74, 6) is 0. The van der Waals surface area contributed by atoms with Crippen LogP contribution in [0.15, 0.2) is 45.7 Å². The fourth-order valence-electron chi connectivity index (χ4n) is 4.99. The van der Waals surface area contributed by atoms with Gasteiger partial charge in [0.2, 0.25) is 0 Å². The number of urea groups is 1. The first-order chi connectivity index (χ1) is 15.9. The predicted molar refractivity (Wildman–Crippen MR) is 132 cm³/mol. The van der Waals surface area contributed by atoms with E-state index in [-0.39, 0.29) is 0 Å². The van der Waals surface area contributed by atoms with Crippen molar-refractivity contribution in [1.29, 1.82) is 0 Å².